The lowest BCUT2D eigenvalue weighted by Crippen LogP contribution is -2.60. The van der Waals surface area contributed by atoms with Gasteiger partial charge in [-0.3, -0.25) is 14.5 Å². The van der Waals surface area contributed by atoms with Gasteiger partial charge in [0.25, 0.3) is 0 Å². The van der Waals surface area contributed by atoms with Gasteiger partial charge in [0, 0.05) is 13.0 Å². The molecular weight excluding hydrogens is 413 g/mol. The molecule has 3 aliphatic rings. The van der Waals surface area contributed by atoms with E-state index >= 15 is 0 Å². The first kappa shape index (κ1) is 20.9. The second-order valence-corrected chi connectivity index (χ2v) is 6.78. The van der Waals surface area contributed by atoms with Crippen molar-refractivity contribution >= 4 is 11.8 Å². The predicted octanol–water partition coefficient (Wildman–Crippen LogP) is 3.17. The summed E-state index contributed by atoms with van der Waals surface area (Å²) in [6.45, 7) is -0.812. The van der Waals surface area contributed by atoms with E-state index < -0.39 is 79.2 Å². The number of likely N-dealkylation sites (tertiary alicyclic amines) is 1. The van der Waals surface area contributed by atoms with Crippen LogP contribution < -0.4 is 0 Å². The molecule has 3 aliphatic heterocycles. The van der Waals surface area contributed by atoms with Crippen LogP contribution in [0.1, 0.15) is 12.8 Å². The summed E-state index contributed by atoms with van der Waals surface area (Å²) in [6.07, 6.45) is -8.36. The summed E-state index contributed by atoms with van der Waals surface area (Å²) in [6, 6.07) is 0. The Morgan fingerprint density at radius 3 is 1.71 bits per heavy atom. The summed E-state index contributed by atoms with van der Waals surface area (Å²) in [5, 5.41) is 0. The standard InChI is InChI=1S/C15H12F9NO3/c16-12(17,13(18,19)14(20,21)15(22,23)24)4-1-5-25-10(26)8-6-2-3-7(28-6)9(8)11(25)27/h2-3,6-9H,1,4-5H2/t6?,7?,8-,9+. The number of carbonyl (C=O) groups excluding carboxylic acids is 2. The Morgan fingerprint density at radius 2 is 1.29 bits per heavy atom. The fourth-order valence-corrected chi connectivity index (χ4v) is 3.61. The quantitative estimate of drug-likeness (QED) is 0.373. The molecule has 2 fully saturated rings. The van der Waals surface area contributed by atoms with E-state index in [1.54, 1.807) is 0 Å². The zero-order valence-corrected chi connectivity index (χ0v) is 13.7. The minimum absolute atomic E-state index is 0.529. The van der Waals surface area contributed by atoms with Crippen molar-refractivity contribution in [3.63, 3.8) is 0 Å². The fourth-order valence-electron chi connectivity index (χ4n) is 3.61. The monoisotopic (exact) mass is 425 g/mol. The zero-order valence-electron chi connectivity index (χ0n) is 13.7. The van der Waals surface area contributed by atoms with E-state index in [9.17, 15) is 49.1 Å². The third-order valence-corrected chi connectivity index (χ3v) is 5.08. The molecule has 2 unspecified atom stereocenters. The highest BCUT2D eigenvalue weighted by atomic mass is 19.4. The largest absolute Gasteiger partial charge is 0.460 e. The van der Waals surface area contributed by atoms with E-state index in [-0.39, 0.29) is 0 Å². The number of fused-ring (bicyclic) bond motifs is 5. The van der Waals surface area contributed by atoms with Gasteiger partial charge in [-0.1, -0.05) is 12.2 Å². The number of hydrogen-bond acceptors (Lipinski definition) is 3. The summed E-state index contributed by atoms with van der Waals surface area (Å²) in [4.78, 5) is 25.0. The van der Waals surface area contributed by atoms with Gasteiger partial charge in [-0.25, -0.2) is 0 Å². The van der Waals surface area contributed by atoms with Crippen LogP contribution in [0.25, 0.3) is 0 Å². The third kappa shape index (κ3) is 2.72. The first-order valence-corrected chi connectivity index (χ1v) is 8.02. The number of rotatable bonds is 6. The molecular formula is C15H12F9NO3. The van der Waals surface area contributed by atoms with Crippen molar-refractivity contribution in [1.82, 2.24) is 4.90 Å². The van der Waals surface area contributed by atoms with Gasteiger partial charge in [0.2, 0.25) is 11.8 Å². The second kappa shape index (κ2) is 6.10. The molecule has 2 amide bonds. The van der Waals surface area contributed by atoms with Crippen LogP contribution in [0, 0.1) is 11.8 Å². The Bertz CT molecular complexity index is 688. The highest BCUT2D eigenvalue weighted by molar-refractivity contribution is 6.06. The van der Waals surface area contributed by atoms with E-state index in [0.717, 1.165) is 0 Å². The van der Waals surface area contributed by atoms with Crippen LogP contribution in [0.3, 0.4) is 0 Å². The molecule has 0 N–H and O–H groups in total. The molecule has 4 nitrogen and oxygen atoms in total. The smallest absolute Gasteiger partial charge is 0.365 e. The Balaban J connectivity index is 1.65. The van der Waals surface area contributed by atoms with Crippen LogP contribution in [-0.4, -0.2) is 59.4 Å². The average molecular weight is 425 g/mol. The van der Waals surface area contributed by atoms with Gasteiger partial charge in [-0.05, 0) is 6.42 Å². The number of hydrogen-bond donors (Lipinski definition) is 0. The Labute approximate surface area is 151 Å². The van der Waals surface area contributed by atoms with E-state index in [4.69, 9.17) is 4.74 Å². The van der Waals surface area contributed by atoms with Crippen LogP contribution in [0.15, 0.2) is 12.2 Å². The summed E-state index contributed by atoms with van der Waals surface area (Å²) in [5.74, 6) is -22.7. The van der Waals surface area contributed by atoms with Crippen LogP contribution in [-0.2, 0) is 14.3 Å². The predicted molar refractivity (Wildman–Crippen MR) is 71.6 cm³/mol. The first-order chi connectivity index (χ1) is 12.6. The molecule has 0 saturated carbocycles. The van der Waals surface area contributed by atoms with Crippen molar-refractivity contribution in [1.29, 1.82) is 0 Å². The normalized spacial score (nSPS) is 30.5. The lowest BCUT2D eigenvalue weighted by Gasteiger charge is -2.33. The number of nitrogens with zero attached hydrogens (tertiary/aromatic N) is 1. The van der Waals surface area contributed by atoms with Crippen LogP contribution in [0.2, 0.25) is 0 Å². The summed E-state index contributed by atoms with van der Waals surface area (Å²) in [5.41, 5.74) is 0. The highest BCUT2D eigenvalue weighted by Gasteiger charge is 2.81. The maximum atomic E-state index is 13.5. The van der Waals surface area contributed by atoms with Gasteiger partial charge in [-0.15, -0.1) is 0 Å². The summed E-state index contributed by atoms with van der Waals surface area (Å²) < 4.78 is 121. The fraction of sp³-hybridized carbons (Fsp3) is 0.733. The van der Waals surface area contributed by atoms with E-state index in [1.165, 1.54) is 12.2 Å². The zero-order chi connectivity index (χ0) is 21.3. The van der Waals surface area contributed by atoms with Gasteiger partial charge >= 0.3 is 23.9 Å². The molecule has 0 radical (unpaired) electrons. The van der Waals surface area contributed by atoms with Crippen molar-refractivity contribution in [3.05, 3.63) is 12.2 Å². The van der Waals surface area contributed by atoms with Crippen molar-refractivity contribution in [2.75, 3.05) is 6.54 Å². The third-order valence-electron chi connectivity index (χ3n) is 5.08. The van der Waals surface area contributed by atoms with E-state index in [0.29, 0.717) is 4.90 Å². The second-order valence-electron chi connectivity index (χ2n) is 6.78. The molecule has 2 bridgehead atoms. The minimum atomic E-state index is -6.96. The molecule has 158 valence electrons. The van der Waals surface area contributed by atoms with Crippen molar-refractivity contribution in [3.8, 4) is 0 Å². The van der Waals surface area contributed by atoms with Gasteiger partial charge in [0.15, 0.2) is 0 Å². The maximum Gasteiger partial charge on any atom is 0.460 e. The van der Waals surface area contributed by atoms with Crippen molar-refractivity contribution in [2.45, 2.75) is 49.0 Å². The van der Waals surface area contributed by atoms with Crippen LogP contribution in [0.5, 0.6) is 0 Å². The Kier molecular flexibility index (Phi) is 4.56. The van der Waals surface area contributed by atoms with Crippen LogP contribution >= 0.6 is 0 Å². The molecule has 13 heteroatoms. The molecule has 3 heterocycles. The van der Waals surface area contributed by atoms with E-state index in [2.05, 4.69) is 0 Å². The average Bonchev–Trinajstić information content (AvgIpc) is 3.22. The SMILES string of the molecule is O=C1[C@@H]2C3C=CC(O3)[C@@H]2C(=O)N1CCCC(F)(F)C(F)(F)C(F)(F)C(F)(F)F. The number of amides is 2. The number of imide groups is 1. The summed E-state index contributed by atoms with van der Waals surface area (Å²) in [7, 11) is 0. The summed E-state index contributed by atoms with van der Waals surface area (Å²) >= 11 is 0. The van der Waals surface area contributed by atoms with Crippen molar-refractivity contribution in [2.24, 2.45) is 11.8 Å². The lowest BCUT2D eigenvalue weighted by atomic mass is 9.85. The van der Waals surface area contributed by atoms with Gasteiger partial charge in [-0.2, -0.15) is 39.5 Å². The molecule has 2 saturated heterocycles. The number of carbonyl (C=O) groups is 2. The highest BCUT2D eigenvalue weighted by Crippen LogP contribution is 2.54. The number of halogens is 9. The first-order valence-electron chi connectivity index (χ1n) is 8.02. The van der Waals surface area contributed by atoms with Gasteiger partial charge < -0.3 is 4.74 Å². The molecule has 0 aromatic heterocycles. The lowest BCUT2D eigenvalue weighted by molar-refractivity contribution is -0.396. The maximum absolute atomic E-state index is 13.5. The van der Waals surface area contributed by atoms with Gasteiger partial charge in [0.1, 0.15) is 0 Å². The number of ether oxygens (including phenoxy) is 1. The van der Waals surface area contributed by atoms with Gasteiger partial charge in [0.05, 0.1) is 24.0 Å². The molecule has 28 heavy (non-hydrogen) atoms. The Hall–Kier alpha value is -1.79. The van der Waals surface area contributed by atoms with E-state index in [1.807, 2.05) is 0 Å². The molecule has 0 aromatic rings. The van der Waals surface area contributed by atoms with Crippen molar-refractivity contribution < 1.29 is 53.8 Å². The molecule has 4 atom stereocenters. The minimum Gasteiger partial charge on any atom is -0.365 e. The molecule has 0 aromatic carbocycles. The molecule has 0 spiro atoms. The topological polar surface area (TPSA) is 46.6 Å². The van der Waals surface area contributed by atoms with Crippen LogP contribution in [0.4, 0.5) is 39.5 Å². The molecule has 3 rings (SSSR count). The number of alkyl halides is 9. The Morgan fingerprint density at radius 1 is 0.821 bits per heavy atom. The molecule has 0 aliphatic carbocycles.